The second-order valence-corrected chi connectivity index (χ2v) is 7.82. The number of amides is 1. The highest BCUT2D eigenvalue weighted by Gasteiger charge is 2.37. The lowest BCUT2D eigenvalue weighted by molar-refractivity contribution is -0.139. The van der Waals surface area contributed by atoms with Crippen LogP contribution in [-0.4, -0.2) is 28.3 Å². The van der Waals surface area contributed by atoms with E-state index in [1.54, 1.807) is 11.3 Å². The molecule has 1 aromatic heterocycles. The molecule has 0 aromatic carbocycles. The summed E-state index contributed by atoms with van der Waals surface area (Å²) >= 11 is 1.58. The molecule has 0 saturated heterocycles. The minimum atomic E-state index is -0.896. The molecule has 1 heterocycles. The number of hydrogen-bond donors (Lipinski definition) is 2. The second kappa shape index (κ2) is 7.25. The summed E-state index contributed by atoms with van der Waals surface area (Å²) in [7, 11) is 0. The number of carboxylic acid groups (broad SMARTS) is 1. The standard InChI is InChI=1S/C17H23NO4S/c1-11-9-13(12(2)23-11)14(19)5-6-15(20)18-17(10-16(21)22)7-3-4-8-17/h9H,3-8,10H2,1-2H3,(H,18,20)(H,21,22). The van der Waals surface area contributed by atoms with Crippen LogP contribution in [0.5, 0.6) is 0 Å². The Balaban J connectivity index is 1.90. The number of aryl methyl sites for hydroxylation is 2. The molecule has 1 saturated carbocycles. The minimum Gasteiger partial charge on any atom is -0.481 e. The van der Waals surface area contributed by atoms with Crippen molar-refractivity contribution in [1.29, 1.82) is 0 Å². The van der Waals surface area contributed by atoms with E-state index in [0.29, 0.717) is 18.4 Å². The van der Waals surface area contributed by atoms with E-state index in [1.165, 1.54) is 0 Å². The maximum atomic E-state index is 12.2. The molecule has 1 aromatic rings. The predicted octanol–water partition coefficient (Wildman–Crippen LogP) is 3.23. The number of carbonyl (C=O) groups excluding carboxylic acids is 2. The Morgan fingerprint density at radius 2 is 1.87 bits per heavy atom. The number of aliphatic carboxylic acids is 1. The second-order valence-electron chi connectivity index (χ2n) is 6.36. The third kappa shape index (κ3) is 4.64. The van der Waals surface area contributed by atoms with Gasteiger partial charge in [-0.1, -0.05) is 12.8 Å². The Morgan fingerprint density at radius 1 is 1.22 bits per heavy atom. The average Bonchev–Trinajstić information content (AvgIpc) is 3.02. The Kier molecular flexibility index (Phi) is 5.57. The largest absolute Gasteiger partial charge is 0.481 e. The van der Waals surface area contributed by atoms with Crippen LogP contribution in [0.1, 0.15) is 65.1 Å². The number of thiophene rings is 1. The van der Waals surface area contributed by atoms with Crippen molar-refractivity contribution >= 4 is 29.0 Å². The van der Waals surface area contributed by atoms with Crippen molar-refractivity contribution in [1.82, 2.24) is 5.32 Å². The van der Waals surface area contributed by atoms with Crippen molar-refractivity contribution in [3.8, 4) is 0 Å². The smallest absolute Gasteiger partial charge is 0.305 e. The van der Waals surface area contributed by atoms with Gasteiger partial charge in [0.1, 0.15) is 0 Å². The van der Waals surface area contributed by atoms with Crippen molar-refractivity contribution in [2.24, 2.45) is 0 Å². The number of rotatable bonds is 7. The molecule has 0 bridgehead atoms. The van der Waals surface area contributed by atoms with Crippen molar-refractivity contribution in [3.05, 3.63) is 21.4 Å². The predicted molar refractivity (Wildman–Crippen MR) is 89.0 cm³/mol. The maximum absolute atomic E-state index is 12.2. The Labute approximate surface area is 140 Å². The molecule has 0 aliphatic heterocycles. The first-order valence-electron chi connectivity index (χ1n) is 7.94. The van der Waals surface area contributed by atoms with Gasteiger partial charge in [-0.05, 0) is 32.8 Å². The first-order chi connectivity index (χ1) is 10.8. The molecule has 6 heteroatoms. The summed E-state index contributed by atoms with van der Waals surface area (Å²) in [6, 6.07) is 1.86. The summed E-state index contributed by atoms with van der Waals surface area (Å²) < 4.78 is 0. The lowest BCUT2D eigenvalue weighted by Gasteiger charge is -2.28. The molecule has 0 radical (unpaired) electrons. The Bertz CT molecular complexity index is 614. The number of nitrogens with one attached hydrogen (secondary N) is 1. The minimum absolute atomic E-state index is 0.0271. The van der Waals surface area contributed by atoms with Gasteiger partial charge in [-0.2, -0.15) is 0 Å². The van der Waals surface area contributed by atoms with Crippen LogP contribution in [0.2, 0.25) is 0 Å². The summed E-state index contributed by atoms with van der Waals surface area (Å²) in [5.41, 5.74) is 0.0716. The van der Waals surface area contributed by atoms with Crippen LogP contribution in [0.4, 0.5) is 0 Å². The van der Waals surface area contributed by atoms with Crippen molar-refractivity contribution < 1.29 is 19.5 Å². The average molecular weight is 337 g/mol. The number of carboxylic acids is 1. The quantitative estimate of drug-likeness (QED) is 0.748. The first-order valence-corrected chi connectivity index (χ1v) is 8.76. The van der Waals surface area contributed by atoms with Gasteiger partial charge in [0.25, 0.3) is 0 Å². The summed E-state index contributed by atoms with van der Waals surface area (Å²) in [6.45, 7) is 3.86. The summed E-state index contributed by atoms with van der Waals surface area (Å²) in [6.07, 6.45) is 3.47. The van der Waals surface area contributed by atoms with E-state index < -0.39 is 11.5 Å². The lowest BCUT2D eigenvalue weighted by Crippen LogP contribution is -2.47. The zero-order chi connectivity index (χ0) is 17.0. The van der Waals surface area contributed by atoms with E-state index >= 15 is 0 Å². The third-order valence-corrected chi connectivity index (χ3v) is 5.34. The summed E-state index contributed by atoms with van der Waals surface area (Å²) in [5, 5.41) is 11.9. The van der Waals surface area contributed by atoms with Crippen molar-refractivity contribution in [2.45, 2.75) is 64.3 Å². The molecule has 1 aliphatic rings. The van der Waals surface area contributed by atoms with E-state index in [2.05, 4.69) is 5.32 Å². The molecule has 1 aliphatic carbocycles. The molecular formula is C17H23NO4S. The van der Waals surface area contributed by atoms with Gasteiger partial charge in [-0.25, -0.2) is 0 Å². The van der Waals surface area contributed by atoms with E-state index in [-0.39, 0.29) is 31.0 Å². The van der Waals surface area contributed by atoms with E-state index in [9.17, 15) is 14.4 Å². The zero-order valence-corrected chi connectivity index (χ0v) is 14.4. The molecule has 126 valence electrons. The maximum Gasteiger partial charge on any atom is 0.305 e. The van der Waals surface area contributed by atoms with Crippen LogP contribution >= 0.6 is 11.3 Å². The molecule has 1 amide bonds. The summed E-state index contributed by atoms with van der Waals surface area (Å²) in [5.74, 6) is -1.15. The van der Waals surface area contributed by atoms with Crippen molar-refractivity contribution in [2.75, 3.05) is 0 Å². The van der Waals surface area contributed by atoms with E-state index in [4.69, 9.17) is 5.11 Å². The Hall–Kier alpha value is -1.69. The normalized spacial score (nSPS) is 16.3. The highest BCUT2D eigenvalue weighted by molar-refractivity contribution is 7.12. The van der Waals surface area contributed by atoms with Gasteiger partial charge in [0, 0.05) is 28.2 Å². The van der Waals surface area contributed by atoms with Crippen LogP contribution in [0, 0.1) is 13.8 Å². The molecule has 1 fully saturated rings. The number of hydrogen-bond acceptors (Lipinski definition) is 4. The molecule has 0 unspecified atom stereocenters. The van der Waals surface area contributed by atoms with Gasteiger partial charge in [0.05, 0.1) is 12.0 Å². The third-order valence-electron chi connectivity index (χ3n) is 4.38. The van der Waals surface area contributed by atoms with Gasteiger partial charge in [-0.15, -0.1) is 11.3 Å². The van der Waals surface area contributed by atoms with Gasteiger partial charge in [-0.3, -0.25) is 14.4 Å². The number of ketones is 1. The molecule has 5 nitrogen and oxygen atoms in total. The van der Waals surface area contributed by atoms with Crippen LogP contribution in [0.25, 0.3) is 0 Å². The Morgan fingerprint density at radius 3 is 2.39 bits per heavy atom. The number of Topliss-reactive ketones (excluding diaryl/α,β-unsaturated/α-hetero) is 1. The van der Waals surface area contributed by atoms with Crippen LogP contribution in [0.15, 0.2) is 6.07 Å². The van der Waals surface area contributed by atoms with Crippen LogP contribution in [-0.2, 0) is 9.59 Å². The molecular weight excluding hydrogens is 314 g/mol. The van der Waals surface area contributed by atoms with E-state index in [0.717, 1.165) is 22.6 Å². The monoisotopic (exact) mass is 337 g/mol. The van der Waals surface area contributed by atoms with Gasteiger partial charge in [0.15, 0.2) is 5.78 Å². The molecule has 23 heavy (non-hydrogen) atoms. The topological polar surface area (TPSA) is 83.5 Å². The fraction of sp³-hybridized carbons (Fsp3) is 0.588. The SMILES string of the molecule is Cc1cc(C(=O)CCC(=O)NC2(CC(=O)O)CCCC2)c(C)s1. The van der Waals surface area contributed by atoms with Crippen LogP contribution in [0.3, 0.4) is 0 Å². The molecule has 2 N–H and O–H groups in total. The highest BCUT2D eigenvalue weighted by Crippen LogP contribution is 2.32. The summed E-state index contributed by atoms with van der Waals surface area (Å²) in [4.78, 5) is 37.5. The lowest BCUT2D eigenvalue weighted by atomic mass is 9.92. The zero-order valence-electron chi connectivity index (χ0n) is 13.6. The van der Waals surface area contributed by atoms with Crippen molar-refractivity contribution in [3.63, 3.8) is 0 Å². The molecule has 2 rings (SSSR count). The fourth-order valence-corrected chi connectivity index (χ4v) is 4.26. The molecule has 0 atom stereocenters. The highest BCUT2D eigenvalue weighted by atomic mass is 32.1. The fourth-order valence-electron chi connectivity index (χ4n) is 3.31. The van der Waals surface area contributed by atoms with Crippen LogP contribution < -0.4 is 5.32 Å². The van der Waals surface area contributed by atoms with Gasteiger partial charge in [0.2, 0.25) is 5.91 Å². The van der Waals surface area contributed by atoms with Gasteiger partial charge < -0.3 is 10.4 Å². The molecule has 0 spiro atoms. The first kappa shape index (κ1) is 17.7. The van der Waals surface area contributed by atoms with E-state index in [1.807, 2.05) is 19.9 Å². The van der Waals surface area contributed by atoms with Gasteiger partial charge >= 0.3 is 5.97 Å². The number of carbonyl (C=O) groups is 3.